The van der Waals surface area contributed by atoms with Crippen molar-refractivity contribution in [2.75, 3.05) is 31.1 Å². The van der Waals surface area contributed by atoms with Gasteiger partial charge in [-0.1, -0.05) is 6.92 Å². The Hall–Kier alpha value is -2.15. The Morgan fingerprint density at radius 1 is 1.25 bits per heavy atom. The standard InChI is InChI=1S/C17H22FN5S/c1-2-16-21-14(12-24-16)11-20-17(19)23-9-7-22(8-10-23)15-5-3-13(18)4-6-15/h3-6,12H,2,7-11H2,1H3,(H2,19,20). The molecule has 0 amide bonds. The predicted molar refractivity (Wildman–Crippen MR) is 97.0 cm³/mol. The predicted octanol–water partition coefficient (Wildman–Crippen LogP) is 2.48. The van der Waals surface area contributed by atoms with Gasteiger partial charge < -0.3 is 15.5 Å². The number of aliphatic imine (C=N–C) groups is 1. The van der Waals surface area contributed by atoms with E-state index in [1.807, 2.05) is 17.5 Å². The van der Waals surface area contributed by atoms with Crippen LogP contribution in [0.4, 0.5) is 10.1 Å². The minimum atomic E-state index is -0.206. The van der Waals surface area contributed by atoms with Crippen LogP contribution in [0.25, 0.3) is 0 Å². The molecule has 1 saturated heterocycles. The van der Waals surface area contributed by atoms with Gasteiger partial charge in [-0.3, -0.25) is 0 Å². The van der Waals surface area contributed by atoms with Gasteiger partial charge in [0.15, 0.2) is 5.96 Å². The smallest absolute Gasteiger partial charge is 0.191 e. The van der Waals surface area contributed by atoms with Crippen LogP contribution in [0, 0.1) is 5.82 Å². The fourth-order valence-corrected chi connectivity index (χ4v) is 3.43. The monoisotopic (exact) mass is 347 g/mol. The number of hydrogen-bond acceptors (Lipinski definition) is 4. The van der Waals surface area contributed by atoms with E-state index >= 15 is 0 Å². The van der Waals surface area contributed by atoms with Crippen molar-refractivity contribution in [3.63, 3.8) is 0 Å². The van der Waals surface area contributed by atoms with Gasteiger partial charge in [0, 0.05) is 37.2 Å². The second kappa shape index (κ2) is 7.61. The number of halogens is 1. The number of anilines is 1. The molecule has 2 heterocycles. The molecule has 3 rings (SSSR count). The van der Waals surface area contributed by atoms with Crippen molar-refractivity contribution in [2.45, 2.75) is 19.9 Å². The van der Waals surface area contributed by atoms with E-state index in [1.165, 1.54) is 12.1 Å². The Morgan fingerprint density at radius 3 is 2.58 bits per heavy atom. The van der Waals surface area contributed by atoms with Crippen molar-refractivity contribution in [3.05, 3.63) is 46.2 Å². The van der Waals surface area contributed by atoms with Crippen LogP contribution in [0.15, 0.2) is 34.6 Å². The first-order valence-corrected chi connectivity index (χ1v) is 9.02. The number of guanidine groups is 1. The minimum Gasteiger partial charge on any atom is -0.370 e. The van der Waals surface area contributed by atoms with Gasteiger partial charge in [-0.2, -0.15) is 0 Å². The summed E-state index contributed by atoms with van der Waals surface area (Å²) in [6, 6.07) is 6.62. The lowest BCUT2D eigenvalue weighted by atomic mass is 10.2. The zero-order valence-electron chi connectivity index (χ0n) is 13.8. The Balaban J connectivity index is 1.53. The first kappa shape index (κ1) is 16.7. The van der Waals surface area contributed by atoms with Gasteiger partial charge in [-0.15, -0.1) is 11.3 Å². The fraction of sp³-hybridized carbons (Fsp3) is 0.412. The molecule has 0 atom stereocenters. The number of hydrogen-bond donors (Lipinski definition) is 1. The third kappa shape index (κ3) is 4.03. The number of nitrogens with zero attached hydrogens (tertiary/aromatic N) is 4. The molecule has 128 valence electrons. The Bertz CT molecular complexity index is 689. The highest BCUT2D eigenvalue weighted by atomic mass is 32.1. The average molecular weight is 347 g/mol. The van der Waals surface area contributed by atoms with Crippen molar-refractivity contribution in [2.24, 2.45) is 10.7 Å². The summed E-state index contributed by atoms with van der Waals surface area (Å²) in [7, 11) is 0. The molecule has 0 saturated carbocycles. The number of piperazine rings is 1. The van der Waals surface area contributed by atoms with Crippen molar-refractivity contribution < 1.29 is 4.39 Å². The summed E-state index contributed by atoms with van der Waals surface area (Å²) in [4.78, 5) is 13.3. The minimum absolute atomic E-state index is 0.206. The number of nitrogens with two attached hydrogens (primary N) is 1. The molecule has 0 bridgehead atoms. The van der Waals surface area contributed by atoms with Crippen LogP contribution >= 0.6 is 11.3 Å². The molecule has 1 fully saturated rings. The first-order valence-electron chi connectivity index (χ1n) is 8.14. The highest BCUT2D eigenvalue weighted by Crippen LogP contribution is 2.17. The maximum atomic E-state index is 13.0. The highest BCUT2D eigenvalue weighted by molar-refractivity contribution is 7.09. The van der Waals surface area contributed by atoms with Crippen LogP contribution < -0.4 is 10.6 Å². The van der Waals surface area contributed by atoms with Crippen molar-refractivity contribution in [3.8, 4) is 0 Å². The van der Waals surface area contributed by atoms with E-state index in [2.05, 4.69) is 26.7 Å². The van der Waals surface area contributed by atoms with Crippen LogP contribution in [-0.4, -0.2) is 42.0 Å². The number of aryl methyl sites for hydroxylation is 1. The topological polar surface area (TPSA) is 57.8 Å². The molecule has 24 heavy (non-hydrogen) atoms. The first-order chi connectivity index (χ1) is 11.7. The van der Waals surface area contributed by atoms with Crippen molar-refractivity contribution >= 4 is 23.0 Å². The Labute approximate surface area is 145 Å². The molecule has 1 aromatic heterocycles. The second-order valence-corrected chi connectivity index (χ2v) is 6.65. The van der Waals surface area contributed by atoms with Crippen LogP contribution in [-0.2, 0) is 13.0 Å². The van der Waals surface area contributed by atoms with Gasteiger partial charge in [-0.25, -0.2) is 14.4 Å². The molecule has 0 radical (unpaired) electrons. The third-order valence-corrected chi connectivity index (χ3v) is 5.14. The summed E-state index contributed by atoms with van der Waals surface area (Å²) in [6.07, 6.45) is 0.954. The number of aromatic nitrogens is 1. The van der Waals surface area contributed by atoms with Gasteiger partial charge in [0.25, 0.3) is 0 Å². The lowest BCUT2D eigenvalue weighted by Crippen LogP contribution is -2.51. The summed E-state index contributed by atoms with van der Waals surface area (Å²) in [5.74, 6) is 0.363. The van der Waals surface area contributed by atoms with E-state index in [1.54, 1.807) is 11.3 Å². The summed E-state index contributed by atoms with van der Waals surface area (Å²) in [6.45, 7) is 5.94. The normalized spacial score (nSPS) is 15.8. The summed E-state index contributed by atoms with van der Waals surface area (Å²) in [5, 5.41) is 3.17. The average Bonchev–Trinajstić information content (AvgIpc) is 3.09. The van der Waals surface area contributed by atoms with Crippen molar-refractivity contribution in [1.29, 1.82) is 0 Å². The van der Waals surface area contributed by atoms with E-state index in [0.717, 1.165) is 49.0 Å². The third-order valence-electron chi connectivity index (χ3n) is 4.10. The number of thiazole rings is 1. The zero-order valence-corrected chi connectivity index (χ0v) is 14.6. The molecular formula is C17H22FN5S. The zero-order chi connectivity index (χ0) is 16.9. The van der Waals surface area contributed by atoms with E-state index < -0.39 is 0 Å². The van der Waals surface area contributed by atoms with Gasteiger partial charge in [0.1, 0.15) is 5.82 Å². The number of benzene rings is 1. The van der Waals surface area contributed by atoms with E-state index in [-0.39, 0.29) is 5.82 Å². The van der Waals surface area contributed by atoms with Crippen LogP contribution in [0.1, 0.15) is 17.6 Å². The molecule has 0 aliphatic carbocycles. The van der Waals surface area contributed by atoms with E-state index in [4.69, 9.17) is 5.73 Å². The quantitative estimate of drug-likeness (QED) is 0.682. The Morgan fingerprint density at radius 2 is 1.96 bits per heavy atom. The molecule has 1 aliphatic heterocycles. The molecule has 2 aromatic rings. The van der Waals surface area contributed by atoms with Gasteiger partial charge >= 0.3 is 0 Å². The SMILES string of the molecule is CCc1nc(CN=C(N)N2CCN(c3ccc(F)cc3)CC2)cs1. The summed E-state index contributed by atoms with van der Waals surface area (Å²) >= 11 is 1.67. The molecule has 2 N–H and O–H groups in total. The van der Waals surface area contributed by atoms with E-state index in [9.17, 15) is 4.39 Å². The van der Waals surface area contributed by atoms with Crippen molar-refractivity contribution in [1.82, 2.24) is 9.88 Å². The van der Waals surface area contributed by atoms with Gasteiger partial charge in [-0.05, 0) is 30.7 Å². The molecule has 1 aromatic carbocycles. The maximum Gasteiger partial charge on any atom is 0.191 e. The maximum absolute atomic E-state index is 13.0. The summed E-state index contributed by atoms with van der Waals surface area (Å²) in [5.41, 5.74) is 8.14. The Kier molecular flexibility index (Phi) is 5.30. The second-order valence-electron chi connectivity index (χ2n) is 5.71. The molecule has 1 aliphatic rings. The van der Waals surface area contributed by atoms with E-state index in [0.29, 0.717) is 12.5 Å². The molecular weight excluding hydrogens is 325 g/mol. The summed E-state index contributed by atoms with van der Waals surface area (Å²) < 4.78 is 13.0. The molecule has 0 spiro atoms. The largest absolute Gasteiger partial charge is 0.370 e. The molecule has 5 nitrogen and oxygen atoms in total. The molecule has 0 unspecified atom stereocenters. The van der Waals surface area contributed by atoms with Crippen LogP contribution in [0.2, 0.25) is 0 Å². The fourth-order valence-electron chi connectivity index (χ4n) is 2.69. The lowest BCUT2D eigenvalue weighted by Gasteiger charge is -2.36. The van der Waals surface area contributed by atoms with Gasteiger partial charge in [0.2, 0.25) is 0 Å². The van der Waals surface area contributed by atoms with Gasteiger partial charge in [0.05, 0.1) is 17.2 Å². The van der Waals surface area contributed by atoms with Crippen LogP contribution in [0.3, 0.4) is 0 Å². The molecule has 7 heteroatoms. The van der Waals surface area contributed by atoms with Crippen LogP contribution in [0.5, 0.6) is 0 Å². The lowest BCUT2D eigenvalue weighted by molar-refractivity contribution is 0.380. The highest BCUT2D eigenvalue weighted by Gasteiger charge is 2.18. The number of rotatable bonds is 4.